The molecule has 3 N–H and O–H groups in total. The number of amides is 1. The van der Waals surface area contributed by atoms with Gasteiger partial charge in [0.25, 0.3) is 0 Å². The lowest BCUT2D eigenvalue weighted by Gasteiger charge is -2.18. The Kier molecular flexibility index (Phi) is 4.80. The number of hydrogen-bond acceptors (Lipinski definition) is 3. The normalized spacial score (nSPS) is 16.4. The maximum absolute atomic E-state index is 11.7. The standard InChI is InChI=1S/C15H23N3O/c1-12(11-16)10-15(19)17-13-4-6-14(7-5-13)18-8-2-3-9-18/h4-7,12H,2-3,8-11,16H2,1H3,(H,17,19). The quantitative estimate of drug-likeness (QED) is 0.854. The minimum Gasteiger partial charge on any atom is -0.372 e. The molecule has 4 heteroatoms. The van der Waals surface area contributed by atoms with E-state index in [1.807, 2.05) is 19.1 Å². The van der Waals surface area contributed by atoms with Gasteiger partial charge in [-0.1, -0.05) is 6.92 Å². The summed E-state index contributed by atoms with van der Waals surface area (Å²) < 4.78 is 0. The van der Waals surface area contributed by atoms with E-state index in [-0.39, 0.29) is 11.8 Å². The van der Waals surface area contributed by atoms with E-state index in [1.165, 1.54) is 18.5 Å². The lowest BCUT2D eigenvalue weighted by Crippen LogP contribution is -2.20. The Morgan fingerprint density at radius 2 is 1.95 bits per heavy atom. The molecule has 1 aromatic rings. The minimum absolute atomic E-state index is 0.0341. The van der Waals surface area contributed by atoms with Crippen LogP contribution in [-0.4, -0.2) is 25.5 Å². The molecule has 0 aromatic heterocycles. The highest BCUT2D eigenvalue weighted by Crippen LogP contribution is 2.22. The average Bonchev–Trinajstić information content (AvgIpc) is 2.93. The van der Waals surface area contributed by atoms with Gasteiger partial charge < -0.3 is 16.0 Å². The minimum atomic E-state index is 0.0341. The van der Waals surface area contributed by atoms with Crippen LogP contribution in [0.1, 0.15) is 26.2 Å². The number of carbonyl (C=O) groups is 1. The van der Waals surface area contributed by atoms with E-state index in [2.05, 4.69) is 22.3 Å². The summed E-state index contributed by atoms with van der Waals surface area (Å²) in [6.45, 7) is 4.80. The second-order valence-electron chi connectivity index (χ2n) is 5.33. The van der Waals surface area contributed by atoms with Crippen LogP contribution in [0.5, 0.6) is 0 Å². The molecule has 0 spiro atoms. The first kappa shape index (κ1) is 13.9. The summed E-state index contributed by atoms with van der Waals surface area (Å²) in [7, 11) is 0. The van der Waals surface area contributed by atoms with Crippen LogP contribution < -0.4 is 16.0 Å². The molecule has 1 aliphatic heterocycles. The zero-order chi connectivity index (χ0) is 13.7. The van der Waals surface area contributed by atoms with Crippen molar-refractivity contribution >= 4 is 17.3 Å². The van der Waals surface area contributed by atoms with Crippen molar-refractivity contribution in [3.05, 3.63) is 24.3 Å². The Morgan fingerprint density at radius 3 is 2.53 bits per heavy atom. The van der Waals surface area contributed by atoms with E-state index < -0.39 is 0 Å². The third kappa shape index (κ3) is 3.96. The summed E-state index contributed by atoms with van der Waals surface area (Å²) in [5, 5.41) is 2.91. The zero-order valence-corrected chi connectivity index (χ0v) is 11.6. The van der Waals surface area contributed by atoms with Gasteiger partial charge in [-0.05, 0) is 49.6 Å². The van der Waals surface area contributed by atoms with Gasteiger partial charge in [-0.25, -0.2) is 0 Å². The molecule has 1 unspecified atom stereocenters. The van der Waals surface area contributed by atoms with Gasteiger partial charge in [-0.2, -0.15) is 0 Å². The Morgan fingerprint density at radius 1 is 1.32 bits per heavy atom. The molecular formula is C15H23N3O. The summed E-state index contributed by atoms with van der Waals surface area (Å²) in [5.41, 5.74) is 7.62. The Hall–Kier alpha value is -1.55. The van der Waals surface area contributed by atoms with Gasteiger partial charge in [-0.3, -0.25) is 4.79 Å². The van der Waals surface area contributed by atoms with Crippen molar-refractivity contribution in [2.24, 2.45) is 11.7 Å². The summed E-state index contributed by atoms with van der Waals surface area (Å²) in [4.78, 5) is 14.1. The Labute approximate surface area is 115 Å². The van der Waals surface area contributed by atoms with Gasteiger partial charge in [0.1, 0.15) is 0 Å². The third-order valence-corrected chi connectivity index (χ3v) is 3.56. The van der Waals surface area contributed by atoms with Crippen molar-refractivity contribution in [2.75, 3.05) is 29.9 Å². The lowest BCUT2D eigenvalue weighted by molar-refractivity contribution is -0.116. The van der Waals surface area contributed by atoms with Crippen molar-refractivity contribution in [3.8, 4) is 0 Å². The van der Waals surface area contributed by atoms with E-state index in [1.54, 1.807) is 0 Å². The number of nitrogens with two attached hydrogens (primary N) is 1. The van der Waals surface area contributed by atoms with Crippen LogP contribution in [0.25, 0.3) is 0 Å². The molecule has 1 saturated heterocycles. The van der Waals surface area contributed by atoms with E-state index in [0.717, 1.165) is 18.8 Å². The highest BCUT2D eigenvalue weighted by Gasteiger charge is 2.12. The number of anilines is 2. The number of benzene rings is 1. The number of carbonyl (C=O) groups excluding carboxylic acids is 1. The molecular weight excluding hydrogens is 238 g/mol. The first-order valence-electron chi connectivity index (χ1n) is 7.04. The van der Waals surface area contributed by atoms with Crippen LogP contribution in [0.4, 0.5) is 11.4 Å². The highest BCUT2D eigenvalue weighted by molar-refractivity contribution is 5.91. The molecule has 1 aliphatic rings. The van der Waals surface area contributed by atoms with Gasteiger partial charge >= 0.3 is 0 Å². The second kappa shape index (κ2) is 6.57. The zero-order valence-electron chi connectivity index (χ0n) is 11.6. The van der Waals surface area contributed by atoms with Gasteiger partial charge in [0.05, 0.1) is 0 Å². The maximum atomic E-state index is 11.7. The summed E-state index contributed by atoms with van der Waals surface area (Å²) >= 11 is 0. The molecule has 0 radical (unpaired) electrons. The molecule has 1 heterocycles. The maximum Gasteiger partial charge on any atom is 0.224 e. The molecule has 4 nitrogen and oxygen atoms in total. The van der Waals surface area contributed by atoms with Crippen LogP contribution in [0, 0.1) is 5.92 Å². The predicted octanol–water partition coefficient (Wildman–Crippen LogP) is 2.21. The first-order chi connectivity index (χ1) is 9.19. The van der Waals surface area contributed by atoms with Gasteiger partial charge in [0.2, 0.25) is 5.91 Å². The number of nitrogens with one attached hydrogen (secondary N) is 1. The Balaban J connectivity index is 1.89. The molecule has 0 bridgehead atoms. The topological polar surface area (TPSA) is 58.4 Å². The fraction of sp³-hybridized carbons (Fsp3) is 0.533. The Bertz CT molecular complexity index is 410. The van der Waals surface area contributed by atoms with Gasteiger partial charge in [-0.15, -0.1) is 0 Å². The molecule has 104 valence electrons. The molecule has 1 aromatic carbocycles. The number of hydrogen-bond donors (Lipinski definition) is 2. The molecule has 1 fully saturated rings. The average molecular weight is 261 g/mol. The molecule has 1 amide bonds. The van der Waals surface area contributed by atoms with Crippen molar-refractivity contribution in [3.63, 3.8) is 0 Å². The van der Waals surface area contributed by atoms with E-state index in [9.17, 15) is 4.79 Å². The monoisotopic (exact) mass is 261 g/mol. The first-order valence-corrected chi connectivity index (χ1v) is 7.04. The van der Waals surface area contributed by atoms with E-state index in [0.29, 0.717) is 13.0 Å². The van der Waals surface area contributed by atoms with Gasteiger partial charge in [0, 0.05) is 30.9 Å². The molecule has 1 atom stereocenters. The number of rotatable bonds is 5. The fourth-order valence-electron chi connectivity index (χ4n) is 2.34. The molecule has 0 saturated carbocycles. The molecule has 2 rings (SSSR count). The smallest absolute Gasteiger partial charge is 0.224 e. The lowest BCUT2D eigenvalue weighted by atomic mass is 10.1. The second-order valence-corrected chi connectivity index (χ2v) is 5.33. The van der Waals surface area contributed by atoms with E-state index >= 15 is 0 Å². The van der Waals surface area contributed by atoms with Crippen molar-refractivity contribution in [1.82, 2.24) is 0 Å². The van der Waals surface area contributed by atoms with E-state index in [4.69, 9.17) is 5.73 Å². The SMILES string of the molecule is CC(CN)CC(=O)Nc1ccc(N2CCCC2)cc1. The highest BCUT2D eigenvalue weighted by atomic mass is 16.1. The van der Waals surface area contributed by atoms with Crippen LogP contribution in [0.15, 0.2) is 24.3 Å². The fourth-order valence-corrected chi connectivity index (χ4v) is 2.34. The van der Waals surface area contributed by atoms with Crippen molar-refractivity contribution < 1.29 is 4.79 Å². The predicted molar refractivity (Wildman–Crippen MR) is 79.4 cm³/mol. The van der Waals surface area contributed by atoms with Gasteiger partial charge in [0.15, 0.2) is 0 Å². The third-order valence-electron chi connectivity index (χ3n) is 3.56. The van der Waals surface area contributed by atoms with Crippen LogP contribution in [0.2, 0.25) is 0 Å². The summed E-state index contributed by atoms with van der Waals surface area (Å²) in [6, 6.07) is 8.10. The largest absolute Gasteiger partial charge is 0.372 e. The molecule has 0 aliphatic carbocycles. The molecule has 19 heavy (non-hydrogen) atoms. The van der Waals surface area contributed by atoms with Crippen molar-refractivity contribution in [1.29, 1.82) is 0 Å². The number of nitrogens with zero attached hydrogens (tertiary/aromatic N) is 1. The van der Waals surface area contributed by atoms with Crippen LogP contribution >= 0.6 is 0 Å². The van der Waals surface area contributed by atoms with Crippen LogP contribution in [0.3, 0.4) is 0 Å². The summed E-state index contributed by atoms with van der Waals surface area (Å²) in [6.07, 6.45) is 3.02. The van der Waals surface area contributed by atoms with Crippen molar-refractivity contribution in [2.45, 2.75) is 26.2 Å². The summed E-state index contributed by atoms with van der Waals surface area (Å²) in [5.74, 6) is 0.260. The van der Waals surface area contributed by atoms with Crippen LogP contribution in [-0.2, 0) is 4.79 Å².